The molecule has 1 fully saturated rings. The van der Waals surface area contributed by atoms with E-state index in [1.54, 1.807) is 10.8 Å². The number of hydrogen-bond donors (Lipinski definition) is 0. The average molecular weight is 112 g/mol. The number of carbonyl (C=O) groups is 1. The van der Waals surface area contributed by atoms with Gasteiger partial charge in [-0.2, -0.15) is 0 Å². The Bertz CT molecular complexity index is 173. The van der Waals surface area contributed by atoms with Gasteiger partial charge in [0.25, 0.3) is 6.23 Å². The van der Waals surface area contributed by atoms with Crippen LogP contribution in [0.2, 0.25) is 0 Å². The summed E-state index contributed by atoms with van der Waals surface area (Å²) >= 11 is 0. The number of amides is 1. The molecule has 1 atom stereocenters. The van der Waals surface area contributed by atoms with Crippen LogP contribution in [0.5, 0.6) is 0 Å². The van der Waals surface area contributed by atoms with Crippen LogP contribution in [0.3, 0.4) is 0 Å². The van der Waals surface area contributed by atoms with Crippen molar-refractivity contribution >= 4 is 12.1 Å². The lowest BCUT2D eigenvalue weighted by Gasteiger charge is -2.12. The normalized spacial score (nSPS) is 33.8. The van der Waals surface area contributed by atoms with Crippen molar-refractivity contribution in [2.45, 2.75) is 12.6 Å². The Morgan fingerprint density at radius 2 is 2.75 bits per heavy atom. The first-order valence-corrected chi connectivity index (χ1v) is 2.64. The number of carbonyl (C=O) groups excluding carboxylic acids is 1. The molecule has 0 aliphatic carbocycles. The monoisotopic (exact) mass is 112 g/mol. The maximum absolute atomic E-state index is 10.5. The summed E-state index contributed by atoms with van der Waals surface area (Å²) < 4.78 is 6.71. The average Bonchev–Trinajstić information content (AvgIpc) is 2.09. The molecule has 0 spiro atoms. The summed E-state index contributed by atoms with van der Waals surface area (Å²) in [7, 11) is 0. The molecular weight excluding hydrogens is 106 g/mol. The van der Waals surface area contributed by atoms with Crippen molar-refractivity contribution < 1.29 is 14.1 Å². The molecule has 42 valence electrons. The van der Waals surface area contributed by atoms with Crippen LogP contribution in [0.25, 0.3) is 0 Å². The van der Waals surface area contributed by atoms with Crippen molar-refractivity contribution in [3.05, 3.63) is 0 Å². The van der Waals surface area contributed by atoms with Gasteiger partial charge in [-0.1, -0.05) is 0 Å². The van der Waals surface area contributed by atoms with Gasteiger partial charge in [0.2, 0.25) is 0 Å². The molecule has 0 aromatic heterocycles. The zero-order valence-corrected chi connectivity index (χ0v) is 4.33. The number of ether oxygens (including phenoxy) is 1. The van der Waals surface area contributed by atoms with Gasteiger partial charge in [-0.05, 0) is 0 Å². The molecule has 0 saturated carbocycles. The Balaban J connectivity index is 2.29. The summed E-state index contributed by atoms with van der Waals surface area (Å²) in [6.07, 6.45) is 2.47. The zero-order valence-electron chi connectivity index (χ0n) is 4.33. The molecular formula is C5H6NO2+. The maximum atomic E-state index is 10.5. The van der Waals surface area contributed by atoms with E-state index in [-0.39, 0.29) is 12.1 Å². The number of fused-ring (bicyclic) bond motifs is 1. The minimum absolute atomic E-state index is 0.0995. The van der Waals surface area contributed by atoms with Crippen molar-refractivity contribution in [2.75, 3.05) is 6.61 Å². The zero-order chi connectivity index (χ0) is 5.56. The highest BCUT2D eigenvalue weighted by molar-refractivity contribution is 5.78. The Morgan fingerprint density at radius 1 is 1.88 bits per heavy atom. The second-order valence-corrected chi connectivity index (χ2v) is 1.98. The second-order valence-electron chi connectivity index (χ2n) is 1.98. The molecule has 2 rings (SSSR count). The fourth-order valence-electron chi connectivity index (χ4n) is 0.994. The number of hydrogen-bond acceptors (Lipinski definition) is 2. The summed E-state index contributed by atoms with van der Waals surface area (Å²) in [4.78, 5) is 10.5. The highest BCUT2D eigenvalue weighted by Crippen LogP contribution is 2.16. The molecule has 0 radical (unpaired) electrons. The largest absolute Gasteiger partial charge is 0.398 e. The highest BCUT2D eigenvalue weighted by atomic mass is 16.5. The van der Waals surface area contributed by atoms with E-state index >= 15 is 0 Å². The van der Waals surface area contributed by atoms with Crippen molar-refractivity contribution in [3.8, 4) is 0 Å². The standard InChI is InChI=1S/C5H6NO2/c7-4-3-5-6(4)1-2-8-5/h1,5H,2-3H2/q+1/t5-/m0/s1. The van der Waals surface area contributed by atoms with Crippen LogP contribution >= 0.6 is 0 Å². The van der Waals surface area contributed by atoms with Gasteiger partial charge in [-0.25, -0.2) is 4.79 Å². The molecule has 0 unspecified atom stereocenters. The molecule has 2 heterocycles. The van der Waals surface area contributed by atoms with Crippen LogP contribution in [0.15, 0.2) is 0 Å². The first-order valence-electron chi connectivity index (χ1n) is 2.64. The van der Waals surface area contributed by atoms with Gasteiger partial charge in [0.05, 0.1) is 0 Å². The van der Waals surface area contributed by atoms with Crippen LogP contribution in [-0.2, 0) is 9.53 Å². The van der Waals surface area contributed by atoms with Gasteiger partial charge in [0, 0.05) is 0 Å². The molecule has 0 aromatic rings. The van der Waals surface area contributed by atoms with Crippen LogP contribution in [-0.4, -0.2) is 29.5 Å². The molecule has 0 aromatic carbocycles. The Kier molecular flexibility index (Phi) is 0.615. The first-order chi connectivity index (χ1) is 3.88. The van der Waals surface area contributed by atoms with Crippen molar-refractivity contribution in [1.29, 1.82) is 0 Å². The third-order valence-corrected chi connectivity index (χ3v) is 1.51. The minimum Gasteiger partial charge on any atom is -0.310 e. The van der Waals surface area contributed by atoms with E-state index in [1.807, 2.05) is 0 Å². The lowest BCUT2D eigenvalue weighted by molar-refractivity contribution is -0.562. The molecule has 0 N–H and O–H groups in total. The summed E-state index contributed by atoms with van der Waals surface area (Å²) in [5.74, 6) is 0.188. The van der Waals surface area contributed by atoms with E-state index in [9.17, 15) is 4.79 Å². The van der Waals surface area contributed by atoms with Crippen LogP contribution < -0.4 is 0 Å². The molecule has 2 aliphatic heterocycles. The fraction of sp³-hybridized carbons (Fsp3) is 0.600. The van der Waals surface area contributed by atoms with E-state index < -0.39 is 0 Å². The topological polar surface area (TPSA) is 29.3 Å². The number of rotatable bonds is 0. The predicted octanol–water partition coefficient (Wildman–Crippen LogP) is -0.644. The van der Waals surface area contributed by atoms with Gasteiger partial charge in [0.1, 0.15) is 6.61 Å². The third kappa shape index (κ3) is 0.327. The SMILES string of the molecule is O=C1C[C@@H]2OCC=[N+]12. The van der Waals surface area contributed by atoms with E-state index in [2.05, 4.69) is 0 Å². The molecule has 0 bridgehead atoms. The van der Waals surface area contributed by atoms with Gasteiger partial charge in [-0.3, -0.25) is 0 Å². The van der Waals surface area contributed by atoms with Crippen LogP contribution in [0.4, 0.5) is 0 Å². The molecule has 2 aliphatic rings. The fourth-order valence-corrected chi connectivity index (χ4v) is 0.994. The van der Waals surface area contributed by atoms with Crippen molar-refractivity contribution in [2.24, 2.45) is 0 Å². The van der Waals surface area contributed by atoms with Gasteiger partial charge < -0.3 is 4.74 Å². The molecule has 1 amide bonds. The predicted molar refractivity (Wildman–Crippen MR) is 25.7 cm³/mol. The quantitative estimate of drug-likeness (QED) is 0.308. The highest BCUT2D eigenvalue weighted by Gasteiger charge is 2.46. The van der Waals surface area contributed by atoms with Gasteiger partial charge >= 0.3 is 5.91 Å². The minimum atomic E-state index is 0.0995. The smallest absolute Gasteiger partial charge is 0.310 e. The van der Waals surface area contributed by atoms with E-state index in [0.717, 1.165) is 0 Å². The lowest BCUT2D eigenvalue weighted by atomic mass is 10.2. The van der Waals surface area contributed by atoms with Crippen LogP contribution in [0, 0.1) is 0 Å². The van der Waals surface area contributed by atoms with Crippen molar-refractivity contribution in [3.63, 3.8) is 0 Å². The van der Waals surface area contributed by atoms with E-state index in [0.29, 0.717) is 13.0 Å². The first kappa shape index (κ1) is 4.21. The van der Waals surface area contributed by atoms with Gasteiger partial charge in [-0.15, -0.1) is 4.58 Å². The summed E-state index contributed by atoms with van der Waals surface area (Å²) in [6.45, 7) is 0.608. The Hall–Kier alpha value is -0.700. The lowest BCUT2D eigenvalue weighted by Crippen LogP contribution is -2.42. The summed E-state index contributed by atoms with van der Waals surface area (Å²) in [5.41, 5.74) is 0. The van der Waals surface area contributed by atoms with Crippen LogP contribution in [0.1, 0.15) is 6.42 Å². The van der Waals surface area contributed by atoms with E-state index in [1.165, 1.54) is 0 Å². The summed E-state index contributed by atoms with van der Waals surface area (Å²) in [5, 5.41) is 0. The second kappa shape index (κ2) is 1.17. The number of nitrogens with zero attached hydrogens (tertiary/aromatic N) is 1. The maximum Gasteiger partial charge on any atom is 0.398 e. The Morgan fingerprint density at radius 3 is 3.25 bits per heavy atom. The molecule has 3 heteroatoms. The third-order valence-electron chi connectivity index (χ3n) is 1.51. The van der Waals surface area contributed by atoms with Crippen molar-refractivity contribution in [1.82, 2.24) is 0 Å². The summed E-state index contributed by atoms with van der Waals surface area (Å²) in [6, 6.07) is 0. The molecule has 3 nitrogen and oxygen atoms in total. The molecule has 8 heavy (non-hydrogen) atoms. The molecule has 1 saturated heterocycles. The van der Waals surface area contributed by atoms with Gasteiger partial charge in [0.15, 0.2) is 12.6 Å². The number of β-lactam (4-membered cyclic amide) rings is 1. The van der Waals surface area contributed by atoms with E-state index in [4.69, 9.17) is 4.74 Å². The Labute approximate surface area is 46.6 Å².